The molecule has 1 saturated carbocycles. The van der Waals surface area contributed by atoms with Crippen molar-refractivity contribution < 1.29 is 0 Å². The molecule has 0 aromatic carbocycles. The SMILES string of the molecule is CCn1nc(C)c(CCNCC2CC2)c1C. The minimum Gasteiger partial charge on any atom is -0.316 e. The van der Waals surface area contributed by atoms with Gasteiger partial charge >= 0.3 is 0 Å². The lowest BCUT2D eigenvalue weighted by Gasteiger charge is -2.04. The average Bonchev–Trinajstić information content (AvgIpc) is 3.04. The van der Waals surface area contributed by atoms with Crippen LogP contribution in [-0.2, 0) is 13.0 Å². The monoisotopic (exact) mass is 221 g/mol. The van der Waals surface area contributed by atoms with E-state index in [0.29, 0.717) is 0 Å². The standard InChI is InChI=1S/C13H23N3/c1-4-16-11(3)13(10(2)15-16)7-8-14-9-12-5-6-12/h12,14H,4-9H2,1-3H3. The third-order valence-electron chi connectivity index (χ3n) is 3.51. The topological polar surface area (TPSA) is 29.9 Å². The summed E-state index contributed by atoms with van der Waals surface area (Å²) in [6.45, 7) is 9.72. The zero-order chi connectivity index (χ0) is 11.5. The maximum atomic E-state index is 4.54. The third-order valence-corrected chi connectivity index (χ3v) is 3.51. The van der Waals surface area contributed by atoms with Crippen LogP contribution in [0.25, 0.3) is 0 Å². The maximum absolute atomic E-state index is 4.54. The lowest BCUT2D eigenvalue weighted by molar-refractivity contribution is 0.626. The Balaban J connectivity index is 1.84. The molecule has 0 aliphatic heterocycles. The second kappa shape index (κ2) is 5.00. The third kappa shape index (κ3) is 2.64. The normalized spacial score (nSPS) is 15.7. The summed E-state index contributed by atoms with van der Waals surface area (Å²) < 4.78 is 2.10. The van der Waals surface area contributed by atoms with E-state index >= 15 is 0 Å². The fraction of sp³-hybridized carbons (Fsp3) is 0.769. The molecule has 2 rings (SSSR count). The van der Waals surface area contributed by atoms with Crippen molar-refractivity contribution in [3.63, 3.8) is 0 Å². The highest BCUT2D eigenvalue weighted by atomic mass is 15.3. The Bertz CT molecular complexity index is 350. The summed E-state index contributed by atoms with van der Waals surface area (Å²) in [6.07, 6.45) is 3.97. The molecular weight excluding hydrogens is 198 g/mol. The summed E-state index contributed by atoms with van der Waals surface area (Å²) in [7, 11) is 0. The van der Waals surface area contributed by atoms with Crippen molar-refractivity contribution in [2.45, 2.75) is 46.6 Å². The largest absolute Gasteiger partial charge is 0.316 e. The minimum atomic E-state index is 0.973. The second-order valence-corrected chi connectivity index (χ2v) is 4.86. The van der Waals surface area contributed by atoms with Crippen molar-refractivity contribution in [2.24, 2.45) is 5.92 Å². The Hall–Kier alpha value is -0.830. The van der Waals surface area contributed by atoms with Crippen molar-refractivity contribution in [1.82, 2.24) is 15.1 Å². The zero-order valence-electron chi connectivity index (χ0n) is 10.7. The molecule has 0 saturated heterocycles. The van der Waals surface area contributed by atoms with Gasteiger partial charge in [-0.1, -0.05) is 0 Å². The van der Waals surface area contributed by atoms with Crippen LogP contribution in [0.3, 0.4) is 0 Å². The minimum absolute atomic E-state index is 0.973. The lowest BCUT2D eigenvalue weighted by atomic mass is 10.1. The highest BCUT2D eigenvalue weighted by Gasteiger charge is 2.20. The Labute approximate surface area is 98.2 Å². The molecule has 0 atom stereocenters. The van der Waals surface area contributed by atoms with E-state index in [1.165, 1.54) is 36.3 Å². The van der Waals surface area contributed by atoms with Crippen LogP contribution in [0.1, 0.15) is 36.7 Å². The lowest BCUT2D eigenvalue weighted by Crippen LogP contribution is -2.20. The Morgan fingerprint density at radius 2 is 2.12 bits per heavy atom. The molecule has 0 amide bonds. The van der Waals surface area contributed by atoms with Crippen LogP contribution in [0, 0.1) is 19.8 Å². The molecule has 16 heavy (non-hydrogen) atoms. The number of rotatable bonds is 6. The van der Waals surface area contributed by atoms with Crippen LogP contribution < -0.4 is 5.32 Å². The molecule has 0 bridgehead atoms. The van der Waals surface area contributed by atoms with Gasteiger partial charge in [0.15, 0.2) is 0 Å². The van der Waals surface area contributed by atoms with Crippen molar-refractivity contribution >= 4 is 0 Å². The van der Waals surface area contributed by atoms with E-state index in [0.717, 1.165) is 25.4 Å². The Morgan fingerprint density at radius 3 is 2.69 bits per heavy atom. The predicted octanol–water partition coefficient (Wildman–Crippen LogP) is 2.06. The van der Waals surface area contributed by atoms with Gasteiger partial charge in [0.05, 0.1) is 5.69 Å². The first kappa shape index (κ1) is 11.6. The van der Waals surface area contributed by atoms with Crippen LogP contribution in [0.15, 0.2) is 0 Å². The number of hydrogen-bond acceptors (Lipinski definition) is 2. The molecule has 1 fully saturated rings. The zero-order valence-corrected chi connectivity index (χ0v) is 10.7. The van der Waals surface area contributed by atoms with E-state index in [1.54, 1.807) is 0 Å². The van der Waals surface area contributed by atoms with E-state index < -0.39 is 0 Å². The van der Waals surface area contributed by atoms with Gasteiger partial charge in [-0.05, 0) is 64.6 Å². The van der Waals surface area contributed by atoms with E-state index in [1.807, 2.05) is 0 Å². The molecule has 1 N–H and O–H groups in total. The quantitative estimate of drug-likeness (QED) is 0.745. The summed E-state index contributed by atoms with van der Waals surface area (Å²) >= 11 is 0. The second-order valence-electron chi connectivity index (χ2n) is 4.86. The van der Waals surface area contributed by atoms with Crippen molar-refractivity contribution in [3.8, 4) is 0 Å². The first-order valence-corrected chi connectivity index (χ1v) is 6.46. The molecule has 1 aromatic rings. The molecule has 3 heteroatoms. The molecule has 0 unspecified atom stereocenters. The van der Waals surface area contributed by atoms with Gasteiger partial charge in [-0.15, -0.1) is 0 Å². The van der Waals surface area contributed by atoms with Gasteiger partial charge in [-0.25, -0.2) is 0 Å². The summed E-state index contributed by atoms with van der Waals surface area (Å²) in [5, 5.41) is 8.08. The van der Waals surface area contributed by atoms with E-state index in [4.69, 9.17) is 0 Å². The molecule has 1 aromatic heterocycles. The first-order chi connectivity index (χ1) is 7.72. The summed E-state index contributed by atoms with van der Waals surface area (Å²) in [6, 6.07) is 0. The summed E-state index contributed by atoms with van der Waals surface area (Å²) in [4.78, 5) is 0. The summed E-state index contributed by atoms with van der Waals surface area (Å²) in [5.41, 5.74) is 3.98. The van der Waals surface area contributed by atoms with Gasteiger partial charge in [-0.2, -0.15) is 5.10 Å². The van der Waals surface area contributed by atoms with Crippen molar-refractivity contribution in [1.29, 1.82) is 0 Å². The van der Waals surface area contributed by atoms with Gasteiger partial charge < -0.3 is 5.32 Å². The maximum Gasteiger partial charge on any atom is 0.0628 e. The molecule has 3 nitrogen and oxygen atoms in total. The van der Waals surface area contributed by atoms with Gasteiger partial charge in [0, 0.05) is 12.2 Å². The van der Waals surface area contributed by atoms with Gasteiger partial charge in [0.2, 0.25) is 0 Å². The molecule has 90 valence electrons. The highest BCUT2D eigenvalue weighted by molar-refractivity contribution is 5.24. The van der Waals surface area contributed by atoms with Gasteiger partial charge in [-0.3, -0.25) is 4.68 Å². The number of hydrogen-bond donors (Lipinski definition) is 1. The number of nitrogens with one attached hydrogen (secondary N) is 1. The first-order valence-electron chi connectivity index (χ1n) is 6.46. The Morgan fingerprint density at radius 1 is 1.38 bits per heavy atom. The van der Waals surface area contributed by atoms with E-state index in [2.05, 4.69) is 35.9 Å². The fourth-order valence-corrected chi connectivity index (χ4v) is 2.25. The number of aryl methyl sites for hydroxylation is 2. The van der Waals surface area contributed by atoms with Crippen LogP contribution in [0.2, 0.25) is 0 Å². The van der Waals surface area contributed by atoms with Crippen LogP contribution in [0.4, 0.5) is 0 Å². The molecule has 1 aliphatic rings. The van der Waals surface area contributed by atoms with Crippen LogP contribution in [0.5, 0.6) is 0 Å². The Kier molecular flexibility index (Phi) is 3.64. The smallest absolute Gasteiger partial charge is 0.0628 e. The molecular formula is C13H23N3. The number of nitrogens with zero attached hydrogens (tertiary/aromatic N) is 2. The van der Waals surface area contributed by atoms with E-state index in [9.17, 15) is 0 Å². The van der Waals surface area contributed by atoms with Crippen LogP contribution in [-0.4, -0.2) is 22.9 Å². The van der Waals surface area contributed by atoms with Crippen molar-refractivity contribution in [3.05, 3.63) is 17.0 Å². The predicted molar refractivity (Wildman–Crippen MR) is 66.7 cm³/mol. The van der Waals surface area contributed by atoms with Gasteiger partial charge in [0.1, 0.15) is 0 Å². The van der Waals surface area contributed by atoms with E-state index in [-0.39, 0.29) is 0 Å². The molecule has 0 spiro atoms. The van der Waals surface area contributed by atoms with Crippen LogP contribution >= 0.6 is 0 Å². The molecule has 0 radical (unpaired) electrons. The van der Waals surface area contributed by atoms with Crippen molar-refractivity contribution in [2.75, 3.05) is 13.1 Å². The fourth-order valence-electron chi connectivity index (χ4n) is 2.25. The average molecular weight is 221 g/mol. The summed E-state index contributed by atoms with van der Waals surface area (Å²) in [5.74, 6) is 0.973. The molecule has 1 heterocycles. The molecule has 1 aliphatic carbocycles. The number of aromatic nitrogens is 2. The van der Waals surface area contributed by atoms with Gasteiger partial charge in [0.25, 0.3) is 0 Å². The highest BCUT2D eigenvalue weighted by Crippen LogP contribution is 2.27.